The highest BCUT2D eigenvalue weighted by Gasteiger charge is 2.45. The van der Waals surface area contributed by atoms with E-state index in [2.05, 4.69) is 9.97 Å². The van der Waals surface area contributed by atoms with E-state index in [-0.39, 0.29) is 5.97 Å². The highest BCUT2D eigenvalue weighted by atomic mass is 32.2. The van der Waals surface area contributed by atoms with E-state index in [1.165, 1.54) is 18.9 Å². The van der Waals surface area contributed by atoms with Gasteiger partial charge in [-0.05, 0) is 25.2 Å². The Bertz CT molecular complexity index is 433. The zero-order chi connectivity index (χ0) is 13.0. The molecule has 18 heavy (non-hydrogen) atoms. The highest BCUT2D eigenvalue weighted by Crippen LogP contribution is 2.34. The van der Waals surface area contributed by atoms with Crippen LogP contribution in [0.4, 0.5) is 0 Å². The molecule has 1 aliphatic heterocycles. The van der Waals surface area contributed by atoms with E-state index >= 15 is 0 Å². The molecule has 1 fully saturated rings. The van der Waals surface area contributed by atoms with Gasteiger partial charge in [-0.15, -0.1) is 11.8 Å². The number of esters is 1. The van der Waals surface area contributed by atoms with Crippen molar-refractivity contribution in [1.29, 1.82) is 0 Å². The van der Waals surface area contributed by atoms with Crippen molar-refractivity contribution in [3.8, 4) is 0 Å². The first-order valence-electron chi connectivity index (χ1n) is 5.76. The van der Waals surface area contributed by atoms with Crippen LogP contribution in [-0.4, -0.2) is 42.5 Å². The van der Waals surface area contributed by atoms with Crippen LogP contribution in [0.5, 0.6) is 0 Å². The van der Waals surface area contributed by atoms with Crippen LogP contribution in [0.25, 0.3) is 0 Å². The zero-order valence-electron chi connectivity index (χ0n) is 10.5. The topological polar surface area (TPSA) is 61.3 Å². The maximum Gasteiger partial charge on any atom is 0.319 e. The van der Waals surface area contributed by atoms with Gasteiger partial charge in [0, 0.05) is 19.4 Å². The molecule has 0 unspecified atom stereocenters. The Balaban J connectivity index is 2.41. The molecule has 1 aromatic heterocycles. The van der Waals surface area contributed by atoms with Crippen LogP contribution in [0.1, 0.15) is 18.7 Å². The van der Waals surface area contributed by atoms with Gasteiger partial charge in [-0.25, -0.2) is 9.97 Å². The zero-order valence-corrected chi connectivity index (χ0v) is 11.3. The SMILES string of the molecule is COC(=O)C1(c2nccc(SC)n2)CCOCC1. The first kappa shape index (κ1) is 13.3. The average Bonchev–Trinajstić information content (AvgIpc) is 2.47. The number of hydrogen-bond donors (Lipinski definition) is 0. The molecule has 6 heteroatoms. The molecular formula is C12H16N2O3S. The number of carbonyl (C=O) groups excluding carboxylic acids is 1. The summed E-state index contributed by atoms with van der Waals surface area (Å²) in [7, 11) is 1.40. The Labute approximate surface area is 110 Å². The van der Waals surface area contributed by atoms with E-state index in [1.54, 1.807) is 6.20 Å². The van der Waals surface area contributed by atoms with E-state index in [9.17, 15) is 4.79 Å². The summed E-state index contributed by atoms with van der Waals surface area (Å²) in [6, 6.07) is 1.83. The molecule has 2 rings (SSSR count). The number of rotatable bonds is 3. The molecule has 0 bridgehead atoms. The first-order valence-corrected chi connectivity index (χ1v) is 6.99. The molecule has 0 spiro atoms. The van der Waals surface area contributed by atoms with Crippen molar-refractivity contribution in [2.75, 3.05) is 26.6 Å². The summed E-state index contributed by atoms with van der Waals surface area (Å²) in [6.07, 6.45) is 4.77. The van der Waals surface area contributed by atoms with Crippen LogP contribution in [0.2, 0.25) is 0 Å². The second-order valence-corrected chi connectivity index (χ2v) is 4.94. The molecule has 0 amide bonds. The lowest BCUT2D eigenvalue weighted by Gasteiger charge is -2.32. The van der Waals surface area contributed by atoms with Gasteiger partial charge in [-0.3, -0.25) is 4.79 Å². The third kappa shape index (κ3) is 2.35. The summed E-state index contributed by atoms with van der Waals surface area (Å²) in [5.74, 6) is 0.272. The number of carbonyl (C=O) groups is 1. The largest absolute Gasteiger partial charge is 0.468 e. The summed E-state index contributed by atoms with van der Waals surface area (Å²) in [4.78, 5) is 20.8. The lowest BCUT2D eigenvalue weighted by atomic mass is 9.79. The van der Waals surface area contributed by atoms with E-state index in [0.29, 0.717) is 31.9 Å². The summed E-state index contributed by atoms with van der Waals surface area (Å²) >= 11 is 1.53. The smallest absolute Gasteiger partial charge is 0.319 e. The van der Waals surface area contributed by atoms with Crippen LogP contribution < -0.4 is 0 Å². The Morgan fingerprint density at radius 1 is 1.50 bits per heavy atom. The van der Waals surface area contributed by atoms with Crippen molar-refractivity contribution in [1.82, 2.24) is 9.97 Å². The van der Waals surface area contributed by atoms with Crippen LogP contribution in [-0.2, 0) is 19.7 Å². The minimum absolute atomic E-state index is 0.274. The molecule has 5 nitrogen and oxygen atoms in total. The Hall–Kier alpha value is -1.14. The summed E-state index contributed by atoms with van der Waals surface area (Å²) < 4.78 is 10.3. The van der Waals surface area contributed by atoms with Gasteiger partial charge in [-0.2, -0.15) is 0 Å². The molecule has 0 N–H and O–H groups in total. The van der Waals surface area contributed by atoms with Gasteiger partial charge in [0.15, 0.2) is 0 Å². The van der Waals surface area contributed by atoms with Gasteiger partial charge in [-0.1, -0.05) is 0 Å². The van der Waals surface area contributed by atoms with Crippen molar-refractivity contribution >= 4 is 17.7 Å². The third-order valence-electron chi connectivity index (χ3n) is 3.19. The molecule has 1 aromatic rings. The maximum atomic E-state index is 12.1. The normalized spacial score (nSPS) is 18.3. The average molecular weight is 268 g/mol. The molecular weight excluding hydrogens is 252 g/mol. The monoisotopic (exact) mass is 268 g/mol. The summed E-state index contributed by atoms with van der Waals surface area (Å²) in [6.45, 7) is 1.06. The molecule has 1 saturated heterocycles. The summed E-state index contributed by atoms with van der Waals surface area (Å²) in [5.41, 5.74) is -0.751. The Morgan fingerprint density at radius 3 is 2.83 bits per heavy atom. The van der Waals surface area contributed by atoms with Gasteiger partial charge in [0.25, 0.3) is 0 Å². The van der Waals surface area contributed by atoms with E-state index in [0.717, 1.165) is 5.03 Å². The quantitative estimate of drug-likeness (QED) is 0.469. The van der Waals surface area contributed by atoms with Crippen molar-refractivity contribution in [3.05, 3.63) is 18.1 Å². The molecule has 0 aliphatic carbocycles. The second kappa shape index (κ2) is 5.67. The van der Waals surface area contributed by atoms with Gasteiger partial charge >= 0.3 is 5.97 Å². The molecule has 0 radical (unpaired) electrons. The van der Waals surface area contributed by atoms with Crippen molar-refractivity contribution in [2.45, 2.75) is 23.3 Å². The predicted molar refractivity (Wildman–Crippen MR) is 67.6 cm³/mol. The minimum Gasteiger partial charge on any atom is -0.468 e. The van der Waals surface area contributed by atoms with Crippen LogP contribution in [0, 0.1) is 0 Å². The van der Waals surface area contributed by atoms with Crippen LogP contribution >= 0.6 is 11.8 Å². The van der Waals surface area contributed by atoms with Crippen molar-refractivity contribution in [3.63, 3.8) is 0 Å². The fourth-order valence-corrected chi connectivity index (χ4v) is 2.50. The molecule has 1 aliphatic rings. The van der Waals surface area contributed by atoms with Crippen LogP contribution in [0.15, 0.2) is 17.3 Å². The van der Waals surface area contributed by atoms with Crippen molar-refractivity contribution < 1.29 is 14.3 Å². The number of thioether (sulfide) groups is 1. The molecule has 0 aromatic carbocycles. The summed E-state index contributed by atoms with van der Waals surface area (Å²) in [5, 5.41) is 0.856. The Kier molecular flexibility index (Phi) is 4.19. The number of ether oxygens (including phenoxy) is 2. The Morgan fingerprint density at radius 2 is 2.22 bits per heavy atom. The molecule has 98 valence electrons. The highest BCUT2D eigenvalue weighted by molar-refractivity contribution is 7.98. The number of aromatic nitrogens is 2. The van der Waals surface area contributed by atoms with Gasteiger partial charge < -0.3 is 9.47 Å². The lowest BCUT2D eigenvalue weighted by molar-refractivity contribution is -0.152. The minimum atomic E-state index is -0.751. The fourth-order valence-electron chi connectivity index (χ4n) is 2.12. The second-order valence-electron chi connectivity index (χ2n) is 4.11. The standard InChI is InChI=1S/C12H16N2O3S/c1-16-11(15)12(4-7-17-8-5-12)10-13-6-3-9(14-10)18-2/h3,6H,4-5,7-8H2,1-2H3. The van der Waals surface area contributed by atoms with Crippen LogP contribution in [0.3, 0.4) is 0 Å². The van der Waals surface area contributed by atoms with Crippen molar-refractivity contribution in [2.24, 2.45) is 0 Å². The lowest BCUT2D eigenvalue weighted by Crippen LogP contribution is -2.43. The molecule has 0 saturated carbocycles. The predicted octanol–water partition coefficient (Wildman–Crippen LogP) is 1.42. The third-order valence-corrected chi connectivity index (χ3v) is 3.84. The molecule has 2 heterocycles. The fraction of sp³-hybridized carbons (Fsp3) is 0.583. The van der Waals surface area contributed by atoms with Gasteiger partial charge in [0.1, 0.15) is 11.2 Å². The maximum absolute atomic E-state index is 12.1. The number of methoxy groups -OCH3 is 1. The number of nitrogens with zero attached hydrogens (tertiary/aromatic N) is 2. The van der Waals surface area contributed by atoms with E-state index < -0.39 is 5.41 Å². The van der Waals surface area contributed by atoms with Gasteiger partial charge in [0.05, 0.1) is 12.1 Å². The van der Waals surface area contributed by atoms with E-state index in [4.69, 9.17) is 9.47 Å². The first-order chi connectivity index (χ1) is 8.73. The number of hydrogen-bond acceptors (Lipinski definition) is 6. The van der Waals surface area contributed by atoms with Gasteiger partial charge in [0.2, 0.25) is 0 Å². The molecule has 0 atom stereocenters. The van der Waals surface area contributed by atoms with E-state index in [1.807, 2.05) is 12.3 Å².